The molecule has 1 saturated heterocycles. The quantitative estimate of drug-likeness (QED) is 0.645. The van der Waals surface area contributed by atoms with Gasteiger partial charge in [-0.1, -0.05) is 91.9 Å². The van der Waals surface area contributed by atoms with Crippen LogP contribution in [0.25, 0.3) is 0 Å². The third kappa shape index (κ3) is 3.51. The highest BCUT2D eigenvalue weighted by molar-refractivity contribution is 5.95. The number of aliphatic hydroxyl groups is 1. The molecule has 1 fully saturated rings. The number of benzene rings is 3. The van der Waals surface area contributed by atoms with Crippen LogP contribution in [0.2, 0.25) is 0 Å². The largest absolute Gasteiger partial charge is 0.382 e. The van der Waals surface area contributed by atoms with E-state index in [9.17, 15) is 9.90 Å². The summed E-state index contributed by atoms with van der Waals surface area (Å²) >= 11 is 0. The van der Waals surface area contributed by atoms with Crippen LogP contribution in [0.4, 0.5) is 0 Å². The van der Waals surface area contributed by atoms with Crippen LogP contribution < -0.4 is 0 Å². The fourth-order valence-electron chi connectivity index (χ4n) is 4.05. The molecule has 3 aromatic carbocycles. The number of rotatable bonds is 6. The molecular weight excluding hydrogens is 346 g/mol. The lowest BCUT2D eigenvalue weighted by atomic mass is 9.82. The molecule has 0 unspecified atom stereocenters. The standard InChI is InChI=1S/C25H25NO2/c1-2-23(27)19-13-15-22(16-14-19)25(28)17-26(18-25)24(20-9-5-3-6-10-20)21-11-7-4-8-12-21/h3-16,24,28H,2,17-18H2,1H3. The summed E-state index contributed by atoms with van der Waals surface area (Å²) in [5.74, 6) is 0.127. The van der Waals surface area contributed by atoms with Crippen molar-refractivity contribution in [2.24, 2.45) is 0 Å². The van der Waals surface area contributed by atoms with Crippen LogP contribution in [0, 0.1) is 0 Å². The van der Waals surface area contributed by atoms with E-state index < -0.39 is 5.60 Å². The van der Waals surface area contributed by atoms with Gasteiger partial charge in [-0.2, -0.15) is 0 Å². The molecule has 0 aromatic heterocycles. The van der Waals surface area contributed by atoms with Gasteiger partial charge < -0.3 is 5.11 Å². The van der Waals surface area contributed by atoms with Crippen molar-refractivity contribution < 1.29 is 9.90 Å². The van der Waals surface area contributed by atoms with Gasteiger partial charge in [-0.05, 0) is 16.7 Å². The topological polar surface area (TPSA) is 40.5 Å². The Kier molecular flexibility index (Phi) is 5.12. The van der Waals surface area contributed by atoms with Gasteiger partial charge in [0.25, 0.3) is 0 Å². The summed E-state index contributed by atoms with van der Waals surface area (Å²) in [7, 11) is 0. The van der Waals surface area contributed by atoms with E-state index in [0.29, 0.717) is 25.1 Å². The van der Waals surface area contributed by atoms with Crippen molar-refractivity contribution in [3.8, 4) is 0 Å². The second-order valence-electron chi connectivity index (χ2n) is 7.51. The van der Waals surface area contributed by atoms with E-state index in [0.717, 1.165) is 5.56 Å². The molecule has 3 aromatic rings. The van der Waals surface area contributed by atoms with Crippen molar-refractivity contribution in [1.29, 1.82) is 0 Å². The van der Waals surface area contributed by atoms with E-state index in [1.54, 1.807) is 0 Å². The molecule has 3 nitrogen and oxygen atoms in total. The zero-order valence-corrected chi connectivity index (χ0v) is 16.1. The number of hydrogen-bond donors (Lipinski definition) is 1. The lowest BCUT2D eigenvalue weighted by Crippen LogP contribution is -2.60. The monoisotopic (exact) mass is 371 g/mol. The highest BCUT2D eigenvalue weighted by Gasteiger charge is 2.46. The van der Waals surface area contributed by atoms with E-state index in [-0.39, 0.29) is 11.8 Å². The summed E-state index contributed by atoms with van der Waals surface area (Å²) in [6.45, 7) is 2.98. The smallest absolute Gasteiger partial charge is 0.162 e. The molecule has 0 amide bonds. The number of Topliss-reactive ketones (excluding diaryl/α,β-unsaturated/α-hetero) is 1. The van der Waals surface area contributed by atoms with Crippen LogP contribution >= 0.6 is 0 Å². The molecule has 1 aliphatic rings. The van der Waals surface area contributed by atoms with Crippen LogP contribution in [0.5, 0.6) is 0 Å². The number of carbonyl (C=O) groups is 1. The lowest BCUT2D eigenvalue weighted by molar-refractivity contribution is -0.116. The maximum Gasteiger partial charge on any atom is 0.162 e. The average Bonchev–Trinajstić information content (AvgIpc) is 2.73. The summed E-state index contributed by atoms with van der Waals surface area (Å²) in [5.41, 5.74) is 3.14. The third-order valence-corrected chi connectivity index (χ3v) is 5.59. The van der Waals surface area contributed by atoms with Crippen LogP contribution in [-0.2, 0) is 5.60 Å². The summed E-state index contributed by atoms with van der Waals surface area (Å²) < 4.78 is 0. The number of ketones is 1. The van der Waals surface area contributed by atoms with E-state index in [1.165, 1.54) is 11.1 Å². The number of carbonyl (C=O) groups excluding carboxylic acids is 1. The Morgan fingerprint density at radius 2 is 1.39 bits per heavy atom. The van der Waals surface area contributed by atoms with Gasteiger partial charge in [0.15, 0.2) is 5.78 Å². The lowest BCUT2D eigenvalue weighted by Gasteiger charge is -2.50. The second-order valence-corrected chi connectivity index (χ2v) is 7.51. The first-order valence-electron chi connectivity index (χ1n) is 9.81. The highest BCUT2D eigenvalue weighted by Crippen LogP contribution is 2.40. The fourth-order valence-corrected chi connectivity index (χ4v) is 4.05. The molecule has 1 heterocycles. The van der Waals surface area contributed by atoms with Crippen molar-refractivity contribution in [3.63, 3.8) is 0 Å². The molecule has 1 N–H and O–H groups in total. The van der Waals surface area contributed by atoms with Crippen molar-refractivity contribution in [1.82, 2.24) is 4.90 Å². The molecule has 0 spiro atoms. The molecule has 0 radical (unpaired) electrons. The molecule has 0 bridgehead atoms. The van der Waals surface area contributed by atoms with E-state index >= 15 is 0 Å². The first-order chi connectivity index (χ1) is 13.6. The first-order valence-corrected chi connectivity index (χ1v) is 9.81. The predicted molar refractivity (Wildman–Crippen MR) is 111 cm³/mol. The number of hydrogen-bond acceptors (Lipinski definition) is 3. The Morgan fingerprint density at radius 1 is 0.893 bits per heavy atom. The molecule has 1 aliphatic heterocycles. The van der Waals surface area contributed by atoms with Gasteiger partial charge in [-0.3, -0.25) is 9.69 Å². The SMILES string of the molecule is CCC(=O)c1ccc(C2(O)CN(C(c3ccccc3)c3ccccc3)C2)cc1. The van der Waals surface area contributed by atoms with Gasteiger partial charge in [-0.15, -0.1) is 0 Å². The van der Waals surface area contributed by atoms with Crippen molar-refractivity contribution in [2.45, 2.75) is 25.0 Å². The predicted octanol–water partition coefficient (Wildman–Crippen LogP) is 4.57. The first kappa shape index (κ1) is 18.6. The van der Waals surface area contributed by atoms with Crippen LogP contribution in [0.1, 0.15) is 46.4 Å². The van der Waals surface area contributed by atoms with E-state index in [2.05, 4.69) is 53.4 Å². The Morgan fingerprint density at radius 3 is 1.86 bits per heavy atom. The average molecular weight is 371 g/mol. The van der Waals surface area contributed by atoms with Gasteiger partial charge in [-0.25, -0.2) is 0 Å². The molecule has 3 heteroatoms. The second kappa shape index (κ2) is 7.70. The van der Waals surface area contributed by atoms with Gasteiger partial charge >= 0.3 is 0 Å². The molecule has 0 saturated carbocycles. The molecule has 4 rings (SSSR count). The van der Waals surface area contributed by atoms with Gasteiger partial charge in [0.1, 0.15) is 5.60 Å². The minimum Gasteiger partial charge on any atom is -0.382 e. The maximum atomic E-state index is 11.8. The maximum absolute atomic E-state index is 11.8. The molecule has 28 heavy (non-hydrogen) atoms. The van der Waals surface area contributed by atoms with Gasteiger partial charge in [0.2, 0.25) is 0 Å². The Labute approximate surface area is 166 Å². The summed E-state index contributed by atoms with van der Waals surface area (Å²) in [6.07, 6.45) is 0.493. The van der Waals surface area contributed by atoms with Gasteiger partial charge in [0, 0.05) is 25.1 Å². The van der Waals surface area contributed by atoms with Crippen LogP contribution in [-0.4, -0.2) is 28.9 Å². The van der Waals surface area contributed by atoms with Crippen molar-refractivity contribution in [3.05, 3.63) is 107 Å². The van der Waals surface area contributed by atoms with Crippen molar-refractivity contribution in [2.75, 3.05) is 13.1 Å². The Balaban J connectivity index is 1.56. The Bertz CT molecular complexity index is 890. The normalized spacial score (nSPS) is 16.0. The third-order valence-electron chi connectivity index (χ3n) is 5.59. The summed E-state index contributed by atoms with van der Waals surface area (Å²) in [6, 6.07) is 28.4. The summed E-state index contributed by atoms with van der Waals surface area (Å²) in [5, 5.41) is 11.2. The van der Waals surface area contributed by atoms with Crippen molar-refractivity contribution >= 4 is 5.78 Å². The van der Waals surface area contributed by atoms with Crippen LogP contribution in [0.15, 0.2) is 84.9 Å². The number of β-amino-alcohol motifs (C(OH)–C–C–N with tert-alkyl or cyclic N) is 1. The highest BCUT2D eigenvalue weighted by atomic mass is 16.3. The Hall–Kier alpha value is -2.75. The summed E-state index contributed by atoms with van der Waals surface area (Å²) in [4.78, 5) is 14.1. The van der Waals surface area contributed by atoms with Crippen LogP contribution in [0.3, 0.4) is 0 Å². The molecule has 0 aliphatic carbocycles. The molecular formula is C25H25NO2. The zero-order valence-electron chi connectivity index (χ0n) is 16.1. The number of likely N-dealkylation sites (tertiary alicyclic amines) is 1. The van der Waals surface area contributed by atoms with E-state index in [4.69, 9.17) is 0 Å². The zero-order chi connectivity index (χ0) is 19.6. The van der Waals surface area contributed by atoms with E-state index in [1.807, 2.05) is 43.3 Å². The number of nitrogens with zero attached hydrogens (tertiary/aromatic N) is 1. The minimum atomic E-state index is -0.879. The molecule has 142 valence electrons. The fraction of sp³-hybridized carbons (Fsp3) is 0.240. The van der Waals surface area contributed by atoms with Gasteiger partial charge in [0.05, 0.1) is 6.04 Å². The molecule has 0 atom stereocenters. The minimum absolute atomic E-state index is 0.114.